The second-order valence-electron chi connectivity index (χ2n) is 4.50. The molecular formula is C15H14ClNO3S. The fourth-order valence-electron chi connectivity index (χ4n) is 1.77. The molecule has 4 nitrogen and oxygen atoms in total. The standard InChI is InChI=1S/C15H14ClNO3S/c1-11(21(19,20)14-8-3-2-4-9-14)15(18)17-13-7-5-6-12(16)10-13/h2-11H,1H3,(H,17,18). The van der Waals surface area contributed by atoms with Crippen LogP contribution in [0, 0.1) is 0 Å². The number of hydrogen-bond donors (Lipinski definition) is 1. The molecule has 1 N–H and O–H groups in total. The molecule has 0 saturated carbocycles. The van der Waals surface area contributed by atoms with Crippen LogP contribution in [-0.4, -0.2) is 19.6 Å². The Balaban J connectivity index is 2.20. The van der Waals surface area contributed by atoms with E-state index >= 15 is 0 Å². The maximum atomic E-state index is 12.3. The van der Waals surface area contributed by atoms with Crippen LogP contribution in [0.2, 0.25) is 5.02 Å². The molecule has 1 unspecified atom stereocenters. The van der Waals surface area contributed by atoms with E-state index in [-0.39, 0.29) is 4.90 Å². The molecule has 0 radical (unpaired) electrons. The Hall–Kier alpha value is -1.85. The molecule has 6 heteroatoms. The second kappa shape index (κ2) is 6.28. The first-order chi connectivity index (χ1) is 9.91. The molecule has 0 aliphatic heterocycles. The number of carbonyl (C=O) groups excluding carboxylic acids is 1. The van der Waals surface area contributed by atoms with E-state index in [4.69, 9.17) is 11.6 Å². The maximum absolute atomic E-state index is 12.3. The van der Waals surface area contributed by atoms with Crippen molar-refractivity contribution in [3.8, 4) is 0 Å². The lowest BCUT2D eigenvalue weighted by molar-refractivity contribution is -0.115. The van der Waals surface area contributed by atoms with Crippen LogP contribution in [0.25, 0.3) is 0 Å². The summed E-state index contributed by atoms with van der Waals surface area (Å²) in [5.41, 5.74) is 0.461. The minimum atomic E-state index is -3.71. The van der Waals surface area contributed by atoms with Gasteiger partial charge in [-0.25, -0.2) is 8.42 Å². The van der Waals surface area contributed by atoms with Crippen molar-refractivity contribution in [1.29, 1.82) is 0 Å². The van der Waals surface area contributed by atoms with E-state index in [2.05, 4.69) is 5.32 Å². The molecule has 0 aliphatic rings. The third kappa shape index (κ3) is 3.62. The van der Waals surface area contributed by atoms with Crippen molar-refractivity contribution in [2.75, 3.05) is 5.32 Å². The van der Waals surface area contributed by atoms with Crippen LogP contribution in [0.15, 0.2) is 59.5 Å². The number of nitrogens with one attached hydrogen (secondary N) is 1. The van der Waals surface area contributed by atoms with Gasteiger partial charge in [0.1, 0.15) is 5.25 Å². The highest BCUT2D eigenvalue weighted by Gasteiger charge is 2.29. The highest BCUT2D eigenvalue weighted by Crippen LogP contribution is 2.19. The average Bonchev–Trinajstić information content (AvgIpc) is 2.47. The molecule has 2 aromatic rings. The van der Waals surface area contributed by atoms with Gasteiger partial charge in [0.15, 0.2) is 9.84 Å². The second-order valence-corrected chi connectivity index (χ2v) is 7.20. The van der Waals surface area contributed by atoms with Gasteiger partial charge in [0.05, 0.1) is 4.90 Å². The summed E-state index contributed by atoms with van der Waals surface area (Å²) in [6.45, 7) is 1.36. The predicted molar refractivity (Wildman–Crippen MR) is 83.2 cm³/mol. The Labute approximate surface area is 128 Å². The Morgan fingerprint density at radius 1 is 1.10 bits per heavy atom. The number of rotatable bonds is 4. The van der Waals surface area contributed by atoms with Gasteiger partial charge in [-0.1, -0.05) is 35.9 Å². The molecule has 2 aromatic carbocycles. The molecule has 0 aromatic heterocycles. The van der Waals surface area contributed by atoms with Gasteiger partial charge in [0, 0.05) is 10.7 Å². The molecule has 0 bridgehead atoms. The lowest BCUT2D eigenvalue weighted by Crippen LogP contribution is -2.32. The number of carbonyl (C=O) groups is 1. The summed E-state index contributed by atoms with van der Waals surface area (Å²) in [7, 11) is -3.71. The van der Waals surface area contributed by atoms with Gasteiger partial charge < -0.3 is 5.32 Å². The summed E-state index contributed by atoms with van der Waals surface area (Å²) in [5.74, 6) is -0.596. The summed E-state index contributed by atoms with van der Waals surface area (Å²) >= 11 is 5.82. The van der Waals surface area contributed by atoms with Crippen molar-refractivity contribution >= 4 is 33.0 Å². The highest BCUT2D eigenvalue weighted by molar-refractivity contribution is 7.92. The molecule has 0 fully saturated rings. The monoisotopic (exact) mass is 323 g/mol. The Kier molecular flexibility index (Phi) is 4.65. The molecule has 1 atom stereocenters. The fourth-order valence-corrected chi connectivity index (χ4v) is 3.24. The van der Waals surface area contributed by atoms with Crippen LogP contribution in [-0.2, 0) is 14.6 Å². The average molecular weight is 324 g/mol. The minimum absolute atomic E-state index is 0.124. The summed E-state index contributed by atoms with van der Waals surface area (Å²) < 4.78 is 24.7. The van der Waals surface area contributed by atoms with E-state index < -0.39 is 21.0 Å². The minimum Gasteiger partial charge on any atom is -0.325 e. The first-order valence-electron chi connectivity index (χ1n) is 6.26. The van der Waals surface area contributed by atoms with E-state index in [0.717, 1.165) is 0 Å². The maximum Gasteiger partial charge on any atom is 0.242 e. The summed E-state index contributed by atoms with van der Waals surface area (Å²) in [6, 6.07) is 14.4. The third-order valence-electron chi connectivity index (χ3n) is 3.00. The van der Waals surface area contributed by atoms with Crippen LogP contribution >= 0.6 is 11.6 Å². The lowest BCUT2D eigenvalue weighted by Gasteiger charge is -2.13. The zero-order chi connectivity index (χ0) is 15.5. The van der Waals surface area contributed by atoms with E-state index in [1.807, 2.05) is 0 Å². The largest absolute Gasteiger partial charge is 0.325 e. The van der Waals surface area contributed by atoms with Gasteiger partial charge in [-0.15, -0.1) is 0 Å². The van der Waals surface area contributed by atoms with Crippen LogP contribution in [0.3, 0.4) is 0 Å². The molecule has 1 amide bonds. The van der Waals surface area contributed by atoms with Gasteiger partial charge in [-0.3, -0.25) is 4.79 Å². The van der Waals surface area contributed by atoms with E-state index in [1.165, 1.54) is 19.1 Å². The van der Waals surface area contributed by atoms with Crippen LogP contribution < -0.4 is 5.32 Å². The van der Waals surface area contributed by atoms with Crippen molar-refractivity contribution in [3.05, 3.63) is 59.6 Å². The molecule has 21 heavy (non-hydrogen) atoms. The summed E-state index contributed by atoms with van der Waals surface area (Å²) in [6.07, 6.45) is 0. The van der Waals surface area contributed by atoms with Crippen LogP contribution in [0.5, 0.6) is 0 Å². The van der Waals surface area contributed by atoms with Crippen molar-refractivity contribution < 1.29 is 13.2 Å². The summed E-state index contributed by atoms with van der Waals surface area (Å²) in [5, 5.41) is 1.82. The zero-order valence-corrected chi connectivity index (χ0v) is 12.9. The molecule has 110 valence electrons. The molecule has 2 rings (SSSR count). The topological polar surface area (TPSA) is 63.2 Å². The van der Waals surface area contributed by atoms with Crippen LogP contribution in [0.1, 0.15) is 6.92 Å². The quantitative estimate of drug-likeness (QED) is 0.940. The van der Waals surface area contributed by atoms with E-state index in [0.29, 0.717) is 10.7 Å². The summed E-state index contributed by atoms with van der Waals surface area (Å²) in [4.78, 5) is 12.2. The number of amides is 1. The van der Waals surface area contributed by atoms with Gasteiger partial charge in [0.2, 0.25) is 5.91 Å². The molecular weight excluding hydrogens is 310 g/mol. The number of halogens is 1. The molecule has 0 spiro atoms. The van der Waals surface area contributed by atoms with Crippen molar-refractivity contribution in [3.63, 3.8) is 0 Å². The number of anilines is 1. The van der Waals surface area contributed by atoms with Gasteiger partial charge >= 0.3 is 0 Å². The van der Waals surface area contributed by atoms with E-state index in [1.54, 1.807) is 42.5 Å². The first kappa shape index (κ1) is 15.5. The predicted octanol–water partition coefficient (Wildman–Crippen LogP) is 3.14. The Bertz CT molecular complexity index is 745. The zero-order valence-electron chi connectivity index (χ0n) is 11.3. The molecule has 0 heterocycles. The third-order valence-corrected chi connectivity index (χ3v) is 5.31. The fraction of sp³-hybridized carbons (Fsp3) is 0.133. The van der Waals surface area contributed by atoms with E-state index in [9.17, 15) is 13.2 Å². The first-order valence-corrected chi connectivity index (χ1v) is 8.19. The van der Waals surface area contributed by atoms with Gasteiger partial charge in [-0.2, -0.15) is 0 Å². The highest BCUT2D eigenvalue weighted by atomic mass is 35.5. The smallest absolute Gasteiger partial charge is 0.242 e. The van der Waals surface area contributed by atoms with Crippen molar-refractivity contribution in [1.82, 2.24) is 0 Å². The number of hydrogen-bond acceptors (Lipinski definition) is 3. The van der Waals surface area contributed by atoms with Crippen molar-refractivity contribution in [2.45, 2.75) is 17.1 Å². The van der Waals surface area contributed by atoms with Crippen LogP contribution in [0.4, 0.5) is 5.69 Å². The number of sulfone groups is 1. The van der Waals surface area contributed by atoms with Gasteiger partial charge in [-0.05, 0) is 37.3 Å². The molecule has 0 saturated heterocycles. The lowest BCUT2D eigenvalue weighted by atomic mass is 10.3. The SMILES string of the molecule is CC(C(=O)Nc1cccc(Cl)c1)S(=O)(=O)c1ccccc1. The Morgan fingerprint density at radius 3 is 2.38 bits per heavy atom. The van der Waals surface area contributed by atoms with Crippen molar-refractivity contribution in [2.24, 2.45) is 0 Å². The number of benzene rings is 2. The van der Waals surface area contributed by atoms with Gasteiger partial charge in [0.25, 0.3) is 0 Å². The normalized spacial score (nSPS) is 12.7. The molecule has 0 aliphatic carbocycles. The Morgan fingerprint density at radius 2 is 1.76 bits per heavy atom.